The van der Waals surface area contributed by atoms with Crippen molar-refractivity contribution in [3.05, 3.63) is 93.3 Å². The fourth-order valence-electron chi connectivity index (χ4n) is 4.63. The first-order valence-electron chi connectivity index (χ1n) is 11.5. The Hall–Kier alpha value is -4.64. The van der Waals surface area contributed by atoms with E-state index in [4.69, 9.17) is 4.74 Å². The van der Waals surface area contributed by atoms with E-state index in [1.807, 2.05) is 0 Å². The van der Waals surface area contributed by atoms with Crippen molar-refractivity contribution in [1.82, 2.24) is 9.97 Å². The molecule has 1 N–H and O–H groups in total. The first-order valence-corrected chi connectivity index (χ1v) is 12.3. The summed E-state index contributed by atoms with van der Waals surface area (Å²) >= 11 is 1.05. The quantitative estimate of drug-likeness (QED) is 0.138. The number of ketones is 1. The predicted octanol–water partition coefficient (Wildman–Crippen LogP) is 4.55. The molecule has 1 amide bonds. The third-order valence-electron chi connectivity index (χ3n) is 6.37. The van der Waals surface area contributed by atoms with Gasteiger partial charge in [-0.15, -0.1) is 0 Å². The number of hydrogen-bond acceptors (Lipinski definition) is 9. The van der Waals surface area contributed by atoms with Gasteiger partial charge in [-0.1, -0.05) is 17.4 Å². The van der Waals surface area contributed by atoms with Gasteiger partial charge in [-0.25, -0.2) is 4.98 Å². The Kier molecular flexibility index (Phi) is 5.41. The van der Waals surface area contributed by atoms with Crippen LogP contribution < -0.4 is 9.64 Å². The Balaban J connectivity index is 1.52. The van der Waals surface area contributed by atoms with E-state index < -0.39 is 22.7 Å². The third kappa shape index (κ3) is 3.80. The molecular formula is C26H18N4O6S. The molecule has 1 fully saturated rings. The Bertz CT molecular complexity index is 1630. The molecule has 6 rings (SSSR count). The van der Waals surface area contributed by atoms with Gasteiger partial charge in [0, 0.05) is 23.9 Å². The van der Waals surface area contributed by atoms with Gasteiger partial charge < -0.3 is 9.84 Å². The number of carbonyl (C=O) groups excluding carboxylic acids is 2. The number of aliphatic hydroxyl groups excluding tert-OH is 1. The van der Waals surface area contributed by atoms with Crippen LogP contribution in [0.3, 0.4) is 0 Å². The van der Waals surface area contributed by atoms with Crippen molar-refractivity contribution in [2.45, 2.75) is 18.9 Å². The minimum Gasteiger partial charge on any atom is -0.507 e. The van der Waals surface area contributed by atoms with Crippen LogP contribution >= 0.6 is 11.3 Å². The molecule has 1 unspecified atom stereocenters. The van der Waals surface area contributed by atoms with Crippen LogP contribution in [0.15, 0.2) is 66.4 Å². The molecule has 0 saturated carbocycles. The number of nitro groups is 1. The van der Waals surface area contributed by atoms with Crippen LogP contribution in [0.1, 0.15) is 29.3 Å². The van der Waals surface area contributed by atoms with Gasteiger partial charge in [-0.05, 0) is 54.8 Å². The van der Waals surface area contributed by atoms with Crippen molar-refractivity contribution in [3.63, 3.8) is 0 Å². The summed E-state index contributed by atoms with van der Waals surface area (Å²) in [6, 6.07) is 13.4. The monoisotopic (exact) mass is 514 g/mol. The van der Waals surface area contributed by atoms with Gasteiger partial charge in [0.25, 0.3) is 11.5 Å². The smallest absolute Gasteiger partial charge is 0.301 e. The molecule has 10 nitrogen and oxygen atoms in total. The second-order valence-corrected chi connectivity index (χ2v) is 9.61. The number of nitro benzene ring substituents is 1. The number of nitrogens with zero attached hydrogens (tertiary/aromatic N) is 4. The summed E-state index contributed by atoms with van der Waals surface area (Å²) < 4.78 is 6.14. The molecule has 37 heavy (non-hydrogen) atoms. The Morgan fingerprint density at radius 3 is 2.81 bits per heavy atom. The van der Waals surface area contributed by atoms with Crippen molar-refractivity contribution in [2.75, 3.05) is 11.5 Å². The second kappa shape index (κ2) is 8.79. The molecule has 2 aromatic carbocycles. The predicted molar refractivity (Wildman–Crippen MR) is 136 cm³/mol. The number of aryl methyl sites for hydroxylation is 1. The van der Waals surface area contributed by atoms with Crippen LogP contribution in [0.4, 0.5) is 10.8 Å². The largest absolute Gasteiger partial charge is 0.507 e. The van der Waals surface area contributed by atoms with Crippen molar-refractivity contribution in [3.8, 4) is 5.75 Å². The number of aliphatic hydroxyl groups is 1. The highest BCUT2D eigenvalue weighted by Gasteiger charge is 2.49. The Morgan fingerprint density at radius 1 is 1.16 bits per heavy atom. The van der Waals surface area contributed by atoms with Crippen LogP contribution in [-0.2, 0) is 16.0 Å². The average Bonchev–Trinajstić information content (AvgIpc) is 3.46. The van der Waals surface area contributed by atoms with Gasteiger partial charge in [0.15, 0.2) is 5.13 Å². The zero-order valence-electron chi connectivity index (χ0n) is 19.2. The third-order valence-corrected chi connectivity index (χ3v) is 7.39. The number of pyridine rings is 1. The number of non-ortho nitro benzene ring substituents is 1. The molecule has 0 bridgehead atoms. The van der Waals surface area contributed by atoms with Gasteiger partial charge in [-0.3, -0.25) is 29.6 Å². The van der Waals surface area contributed by atoms with Crippen LogP contribution in [0, 0.1) is 10.1 Å². The van der Waals surface area contributed by atoms with E-state index in [0.717, 1.165) is 35.5 Å². The summed E-state index contributed by atoms with van der Waals surface area (Å²) in [7, 11) is 0. The minimum atomic E-state index is -1.04. The highest BCUT2D eigenvalue weighted by atomic mass is 32.1. The molecule has 11 heteroatoms. The number of carbonyl (C=O) groups is 2. The van der Waals surface area contributed by atoms with Gasteiger partial charge in [0.1, 0.15) is 17.6 Å². The van der Waals surface area contributed by atoms with E-state index in [1.54, 1.807) is 36.4 Å². The zero-order chi connectivity index (χ0) is 25.7. The number of benzene rings is 2. The number of Topliss-reactive ketones (excluding diaryl/α,β-unsaturated/α-hetero) is 1. The lowest BCUT2D eigenvalue weighted by Crippen LogP contribution is -2.29. The standard InChI is InChI=1S/C26H18N4O6S/c31-23(15-6-9-19-14(12-15)4-3-11-36-19)21-22(18-5-1-2-10-27-18)29(25(33)24(21)32)26-28-17-8-7-16(30(34)35)13-20(17)37-26/h1-2,5-10,12-13,22,31H,3-4,11H2/b23-21+. The molecule has 4 heterocycles. The van der Waals surface area contributed by atoms with Crippen molar-refractivity contribution in [2.24, 2.45) is 0 Å². The summed E-state index contributed by atoms with van der Waals surface area (Å²) in [5.41, 5.74) is 1.90. The lowest BCUT2D eigenvalue weighted by molar-refractivity contribution is -0.384. The van der Waals surface area contributed by atoms with E-state index in [0.29, 0.717) is 28.1 Å². The number of fused-ring (bicyclic) bond motifs is 2. The molecule has 1 atom stereocenters. The van der Waals surface area contributed by atoms with E-state index in [2.05, 4.69) is 9.97 Å². The average molecular weight is 515 g/mol. The lowest BCUT2D eigenvalue weighted by Gasteiger charge is -2.22. The molecule has 0 aliphatic carbocycles. The molecule has 184 valence electrons. The molecule has 0 radical (unpaired) electrons. The Morgan fingerprint density at radius 2 is 2.03 bits per heavy atom. The molecule has 1 saturated heterocycles. The van der Waals surface area contributed by atoms with Crippen molar-refractivity contribution < 1.29 is 24.4 Å². The molecule has 2 aliphatic heterocycles. The van der Waals surface area contributed by atoms with Crippen LogP contribution in [0.5, 0.6) is 5.75 Å². The van der Waals surface area contributed by atoms with Crippen LogP contribution in [-0.4, -0.2) is 38.3 Å². The van der Waals surface area contributed by atoms with Gasteiger partial charge in [0.05, 0.1) is 33.0 Å². The number of hydrogen-bond donors (Lipinski definition) is 1. The maximum Gasteiger partial charge on any atom is 0.301 e. The van der Waals surface area contributed by atoms with E-state index >= 15 is 0 Å². The molecule has 2 aliphatic rings. The summed E-state index contributed by atoms with van der Waals surface area (Å²) in [6.07, 6.45) is 3.14. The van der Waals surface area contributed by atoms with E-state index in [1.165, 1.54) is 29.3 Å². The first-order chi connectivity index (χ1) is 17.9. The molecular weight excluding hydrogens is 496 g/mol. The summed E-state index contributed by atoms with van der Waals surface area (Å²) in [6.45, 7) is 0.619. The number of aromatic nitrogens is 2. The number of ether oxygens (including phenoxy) is 1. The number of rotatable bonds is 4. The zero-order valence-corrected chi connectivity index (χ0v) is 20.0. The number of thiazole rings is 1. The summed E-state index contributed by atoms with van der Waals surface area (Å²) in [5, 5.41) is 22.7. The maximum atomic E-state index is 13.4. The fraction of sp³-hybridized carbons (Fsp3) is 0.154. The van der Waals surface area contributed by atoms with Gasteiger partial charge >= 0.3 is 5.91 Å². The highest BCUT2D eigenvalue weighted by molar-refractivity contribution is 7.22. The van der Waals surface area contributed by atoms with Gasteiger partial charge in [0.2, 0.25) is 0 Å². The topological polar surface area (TPSA) is 136 Å². The molecule has 4 aromatic rings. The number of amides is 1. The Labute approximate surface area is 213 Å². The molecule has 0 spiro atoms. The normalized spacial score (nSPS) is 18.6. The summed E-state index contributed by atoms with van der Waals surface area (Å²) in [5.74, 6) is -1.32. The number of anilines is 1. The SMILES string of the molecule is O=C1C(=O)N(c2nc3ccc([N+](=O)[O-])cc3s2)C(c2ccccn2)/C1=C(\O)c1ccc2c(c1)CCCO2. The van der Waals surface area contributed by atoms with Crippen LogP contribution in [0.2, 0.25) is 0 Å². The second-order valence-electron chi connectivity index (χ2n) is 8.60. The van der Waals surface area contributed by atoms with E-state index in [-0.39, 0.29) is 22.2 Å². The lowest BCUT2D eigenvalue weighted by atomic mass is 9.96. The first kappa shape index (κ1) is 22.8. The van der Waals surface area contributed by atoms with Gasteiger partial charge in [-0.2, -0.15) is 0 Å². The van der Waals surface area contributed by atoms with Crippen molar-refractivity contribution >= 4 is 49.8 Å². The minimum absolute atomic E-state index is 0.106. The van der Waals surface area contributed by atoms with E-state index in [9.17, 15) is 24.8 Å². The van der Waals surface area contributed by atoms with Crippen molar-refractivity contribution in [1.29, 1.82) is 0 Å². The summed E-state index contributed by atoms with van der Waals surface area (Å²) in [4.78, 5) is 47.5. The maximum absolute atomic E-state index is 13.4. The molecule has 2 aromatic heterocycles. The highest BCUT2D eigenvalue weighted by Crippen LogP contribution is 2.44. The van der Waals surface area contributed by atoms with Crippen LogP contribution in [0.25, 0.3) is 16.0 Å². The fourth-order valence-corrected chi connectivity index (χ4v) is 5.65.